The minimum absolute atomic E-state index is 0.256. The van der Waals surface area contributed by atoms with Crippen molar-refractivity contribution in [1.29, 1.82) is 0 Å². The van der Waals surface area contributed by atoms with Gasteiger partial charge in [0.15, 0.2) is 0 Å². The Morgan fingerprint density at radius 2 is 2.12 bits per heavy atom. The number of H-pyrrole nitrogens is 1. The SMILES string of the molecule is Cc1c[nH]c(=O)c2c(C(=O)NC3(C)CCOc4ccccc43)cn(C)c12. The Labute approximate surface area is 150 Å². The summed E-state index contributed by atoms with van der Waals surface area (Å²) in [6.45, 7) is 4.44. The van der Waals surface area contributed by atoms with Crippen LogP contribution in [0.25, 0.3) is 10.9 Å². The van der Waals surface area contributed by atoms with Crippen molar-refractivity contribution >= 4 is 16.8 Å². The monoisotopic (exact) mass is 351 g/mol. The van der Waals surface area contributed by atoms with Gasteiger partial charge in [-0.15, -0.1) is 0 Å². The molecule has 1 aliphatic heterocycles. The Balaban J connectivity index is 1.78. The van der Waals surface area contributed by atoms with Crippen molar-refractivity contribution in [3.8, 4) is 5.75 Å². The zero-order valence-electron chi connectivity index (χ0n) is 15.1. The number of carbonyl (C=O) groups excluding carboxylic acids is 1. The van der Waals surface area contributed by atoms with Gasteiger partial charge >= 0.3 is 0 Å². The predicted molar refractivity (Wildman–Crippen MR) is 99.6 cm³/mol. The van der Waals surface area contributed by atoms with E-state index in [4.69, 9.17) is 4.74 Å². The first-order chi connectivity index (χ1) is 12.4. The molecule has 1 aromatic carbocycles. The van der Waals surface area contributed by atoms with Gasteiger partial charge in [-0.05, 0) is 25.5 Å². The Morgan fingerprint density at radius 1 is 1.35 bits per heavy atom. The van der Waals surface area contributed by atoms with E-state index in [1.165, 1.54) is 0 Å². The number of hydrogen-bond acceptors (Lipinski definition) is 3. The highest BCUT2D eigenvalue weighted by Gasteiger charge is 2.35. The van der Waals surface area contributed by atoms with Crippen LogP contribution in [0.3, 0.4) is 0 Å². The number of fused-ring (bicyclic) bond motifs is 2. The summed E-state index contributed by atoms with van der Waals surface area (Å²) in [5.74, 6) is 0.527. The number of hydrogen-bond donors (Lipinski definition) is 2. The van der Waals surface area contributed by atoms with Gasteiger partial charge in [-0.2, -0.15) is 0 Å². The quantitative estimate of drug-likeness (QED) is 0.745. The lowest BCUT2D eigenvalue weighted by atomic mass is 9.86. The number of carbonyl (C=O) groups is 1. The summed E-state index contributed by atoms with van der Waals surface area (Å²) in [6, 6.07) is 7.73. The maximum Gasteiger partial charge on any atom is 0.258 e. The second-order valence-corrected chi connectivity index (χ2v) is 7.06. The molecule has 0 radical (unpaired) electrons. The summed E-state index contributed by atoms with van der Waals surface area (Å²) in [5, 5.41) is 3.56. The molecule has 134 valence electrons. The molecule has 1 aliphatic rings. The number of nitrogens with zero attached hydrogens (tertiary/aromatic N) is 1. The predicted octanol–water partition coefficient (Wildman–Crippen LogP) is 2.60. The second-order valence-electron chi connectivity index (χ2n) is 7.06. The zero-order valence-corrected chi connectivity index (χ0v) is 15.1. The molecule has 0 bridgehead atoms. The average molecular weight is 351 g/mol. The summed E-state index contributed by atoms with van der Waals surface area (Å²) < 4.78 is 7.53. The van der Waals surface area contributed by atoms with Crippen molar-refractivity contribution in [2.75, 3.05) is 6.61 Å². The molecule has 1 unspecified atom stereocenters. The lowest BCUT2D eigenvalue weighted by Crippen LogP contribution is -2.46. The number of para-hydroxylation sites is 1. The van der Waals surface area contributed by atoms with Gasteiger partial charge in [0.25, 0.3) is 11.5 Å². The molecule has 2 aromatic heterocycles. The molecule has 0 aliphatic carbocycles. The van der Waals surface area contributed by atoms with E-state index >= 15 is 0 Å². The second kappa shape index (κ2) is 5.76. The maximum atomic E-state index is 13.1. The van der Waals surface area contributed by atoms with E-state index in [1.54, 1.807) is 12.4 Å². The third kappa shape index (κ3) is 2.41. The summed E-state index contributed by atoms with van der Waals surface area (Å²) in [5.41, 5.74) is 2.22. The fourth-order valence-corrected chi connectivity index (χ4v) is 3.81. The number of rotatable bonds is 2. The first-order valence-electron chi connectivity index (χ1n) is 8.63. The van der Waals surface area contributed by atoms with E-state index < -0.39 is 5.54 Å². The highest BCUT2D eigenvalue weighted by molar-refractivity contribution is 6.07. The van der Waals surface area contributed by atoms with Crippen LogP contribution in [-0.2, 0) is 12.6 Å². The summed E-state index contributed by atoms with van der Waals surface area (Å²) in [6.07, 6.45) is 4.05. The Bertz CT molecular complexity index is 1080. The summed E-state index contributed by atoms with van der Waals surface area (Å²) >= 11 is 0. The number of nitrogens with one attached hydrogen (secondary N) is 2. The maximum absolute atomic E-state index is 13.1. The van der Waals surface area contributed by atoms with Crippen molar-refractivity contribution in [2.24, 2.45) is 7.05 Å². The molecule has 4 rings (SSSR count). The van der Waals surface area contributed by atoms with Crippen LogP contribution in [0.1, 0.15) is 34.8 Å². The first kappa shape index (κ1) is 16.4. The molecule has 0 saturated heterocycles. The van der Waals surface area contributed by atoms with Gasteiger partial charge < -0.3 is 19.6 Å². The van der Waals surface area contributed by atoms with Crippen LogP contribution in [0.15, 0.2) is 41.5 Å². The van der Waals surface area contributed by atoms with Crippen molar-refractivity contribution in [2.45, 2.75) is 25.8 Å². The van der Waals surface area contributed by atoms with Gasteiger partial charge in [0.05, 0.1) is 28.6 Å². The molecule has 6 heteroatoms. The van der Waals surface area contributed by atoms with Gasteiger partial charge in [0.1, 0.15) is 5.75 Å². The van der Waals surface area contributed by atoms with Crippen LogP contribution in [-0.4, -0.2) is 22.1 Å². The van der Waals surface area contributed by atoms with Gasteiger partial charge in [-0.3, -0.25) is 9.59 Å². The third-order valence-electron chi connectivity index (χ3n) is 5.18. The molecule has 26 heavy (non-hydrogen) atoms. The van der Waals surface area contributed by atoms with Crippen molar-refractivity contribution < 1.29 is 9.53 Å². The van der Waals surface area contributed by atoms with E-state index in [0.717, 1.165) is 22.4 Å². The number of aromatic nitrogens is 2. The van der Waals surface area contributed by atoms with E-state index in [9.17, 15) is 9.59 Å². The van der Waals surface area contributed by atoms with Gasteiger partial charge in [-0.25, -0.2) is 0 Å². The van der Waals surface area contributed by atoms with Crippen molar-refractivity contribution in [3.63, 3.8) is 0 Å². The normalized spacial score (nSPS) is 19.0. The van der Waals surface area contributed by atoms with E-state index in [0.29, 0.717) is 24.0 Å². The van der Waals surface area contributed by atoms with Crippen LogP contribution in [0.2, 0.25) is 0 Å². The van der Waals surface area contributed by atoms with Crippen LogP contribution in [0, 0.1) is 6.92 Å². The molecule has 3 heterocycles. The number of amides is 1. The lowest BCUT2D eigenvalue weighted by molar-refractivity contribution is 0.0875. The number of aromatic amines is 1. The Hall–Kier alpha value is -3.02. The largest absolute Gasteiger partial charge is 0.493 e. The average Bonchev–Trinajstić information content (AvgIpc) is 2.97. The van der Waals surface area contributed by atoms with Crippen molar-refractivity contribution in [1.82, 2.24) is 14.9 Å². The molecule has 1 amide bonds. The number of pyridine rings is 1. The van der Waals surface area contributed by atoms with Gasteiger partial charge in [0, 0.05) is 31.4 Å². The standard InChI is InChI=1S/C20H21N3O3/c1-12-10-21-19(25)16-13(11-23(3)17(12)16)18(24)22-20(2)8-9-26-15-7-5-4-6-14(15)20/h4-7,10-11H,8-9H2,1-3H3,(H,21,25)(H,22,24). The van der Waals surface area contributed by atoms with Gasteiger partial charge in [-0.1, -0.05) is 18.2 Å². The van der Waals surface area contributed by atoms with E-state index in [2.05, 4.69) is 10.3 Å². The molecule has 0 saturated carbocycles. The number of benzene rings is 1. The fourth-order valence-electron chi connectivity index (χ4n) is 3.81. The van der Waals surface area contributed by atoms with Crippen LogP contribution in [0.4, 0.5) is 0 Å². The molecule has 1 atom stereocenters. The molecular weight excluding hydrogens is 330 g/mol. The van der Waals surface area contributed by atoms with Crippen LogP contribution < -0.4 is 15.6 Å². The fraction of sp³-hybridized carbons (Fsp3) is 0.300. The highest BCUT2D eigenvalue weighted by atomic mass is 16.5. The Kier molecular flexibility index (Phi) is 3.64. The molecule has 6 nitrogen and oxygen atoms in total. The van der Waals surface area contributed by atoms with Crippen LogP contribution >= 0.6 is 0 Å². The highest BCUT2D eigenvalue weighted by Crippen LogP contribution is 2.36. The smallest absolute Gasteiger partial charge is 0.258 e. The Morgan fingerprint density at radius 3 is 2.92 bits per heavy atom. The van der Waals surface area contributed by atoms with Crippen LogP contribution in [0.5, 0.6) is 5.75 Å². The molecular formula is C20H21N3O3. The molecule has 2 N–H and O–H groups in total. The van der Waals surface area contributed by atoms with E-state index in [1.807, 2.05) is 49.7 Å². The number of aryl methyl sites for hydroxylation is 2. The topological polar surface area (TPSA) is 76.1 Å². The summed E-state index contributed by atoms with van der Waals surface area (Å²) in [7, 11) is 1.84. The number of ether oxygens (including phenoxy) is 1. The van der Waals surface area contributed by atoms with Gasteiger partial charge in [0.2, 0.25) is 0 Å². The zero-order chi connectivity index (χ0) is 18.5. The minimum atomic E-state index is -0.551. The van der Waals surface area contributed by atoms with Crippen molar-refractivity contribution in [3.05, 3.63) is 63.7 Å². The minimum Gasteiger partial charge on any atom is -0.493 e. The molecule has 0 fully saturated rings. The van der Waals surface area contributed by atoms with E-state index in [-0.39, 0.29) is 11.5 Å². The third-order valence-corrected chi connectivity index (χ3v) is 5.18. The lowest BCUT2D eigenvalue weighted by Gasteiger charge is -2.36. The molecule has 0 spiro atoms. The summed E-state index contributed by atoms with van der Waals surface area (Å²) in [4.78, 5) is 28.2. The molecule has 3 aromatic rings. The first-order valence-corrected chi connectivity index (χ1v) is 8.63.